The number of benzene rings is 2. The van der Waals surface area contributed by atoms with Crippen LogP contribution in [0.4, 0.5) is 5.69 Å². The number of nitrogens with zero attached hydrogens (tertiary/aromatic N) is 3. The zero-order chi connectivity index (χ0) is 17.9. The molecule has 0 spiro atoms. The van der Waals surface area contributed by atoms with Crippen LogP contribution in [-0.2, 0) is 11.2 Å². The molecule has 26 heavy (non-hydrogen) atoms. The highest BCUT2D eigenvalue weighted by atomic mass is 32.1. The summed E-state index contributed by atoms with van der Waals surface area (Å²) in [6.45, 7) is 3.08. The number of carbonyl (C=O) groups excluding carboxylic acids is 1. The van der Waals surface area contributed by atoms with Crippen molar-refractivity contribution in [3.63, 3.8) is 0 Å². The molecule has 0 fully saturated rings. The number of anilines is 1. The predicted octanol–water partition coefficient (Wildman–Crippen LogP) is 3.59. The fraction of sp³-hybridized carbons (Fsp3) is 0.250. The maximum absolute atomic E-state index is 12.4. The van der Waals surface area contributed by atoms with E-state index in [9.17, 15) is 4.79 Å². The minimum Gasteiger partial charge on any atom is -0.362 e. The molecule has 2 aromatic carbocycles. The van der Waals surface area contributed by atoms with E-state index in [-0.39, 0.29) is 5.91 Å². The van der Waals surface area contributed by atoms with Gasteiger partial charge in [0.25, 0.3) is 5.91 Å². The fourth-order valence-electron chi connectivity index (χ4n) is 3.21. The van der Waals surface area contributed by atoms with Crippen LogP contribution in [0.5, 0.6) is 0 Å². The third-order valence-electron chi connectivity index (χ3n) is 4.49. The van der Waals surface area contributed by atoms with Gasteiger partial charge in [-0.3, -0.25) is 4.79 Å². The molecule has 1 aliphatic heterocycles. The topological polar surface area (TPSA) is 57.6 Å². The van der Waals surface area contributed by atoms with E-state index in [1.165, 1.54) is 5.56 Å². The average molecular weight is 364 g/mol. The molecule has 2 heterocycles. The van der Waals surface area contributed by atoms with Crippen molar-refractivity contribution in [3.8, 4) is 0 Å². The van der Waals surface area contributed by atoms with Crippen molar-refractivity contribution < 1.29 is 4.79 Å². The van der Waals surface area contributed by atoms with Crippen LogP contribution in [0.2, 0.25) is 0 Å². The summed E-state index contributed by atoms with van der Waals surface area (Å²) in [5.41, 5.74) is 6.81. The van der Waals surface area contributed by atoms with Gasteiger partial charge in [0.05, 0.1) is 22.5 Å². The molecule has 1 aromatic heterocycles. The Morgan fingerprint density at radius 2 is 2.04 bits per heavy atom. The van der Waals surface area contributed by atoms with Crippen LogP contribution in [0.15, 0.2) is 53.6 Å². The molecule has 0 radical (unpaired) electrons. The average Bonchev–Trinajstić information content (AvgIpc) is 3.11. The monoisotopic (exact) mass is 364 g/mol. The Labute approximate surface area is 156 Å². The van der Waals surface area contributed by atoms with Gasteiger partial charge in [0.15, 0.2) is 0 Å². The molecule has 1 N–H and O–H groups in total. The van der Waals surface area contributed by atoms with Gasteiger partial charge in [0, 0.05) is 12.2 Å². The van der Waals surface area contributed by atoms with Crippen molar-refractivity contribution >= 4 is 38.9 Å². The Balaban J connectivity index is 1.43. The van der Waals surface area contributed by atoms with Crippen molar-refractivity contribution in [3.05, 3.63) is 59.1 Å². The highest BCUT2D eigenvalue weighted by Crippen LogP contribution is 2.26. The van der Waals surface area contributed by atoms with Gasteiger partial charge in [0.1, 0.15) is 5.01 Å². The summed E-state index contributed by atoms with van der Waals surface area (Å²) in [6, 6.07) is 16.3. The Morgan fingerprint density at radius 1 is 1.23 bits per heavy atom. The molecule has 0 atom stereocenters. The molecule has 3 aromatic rings. The van der Waals surface area contributed by atoms with E-state index in [2.05, 4.69) is 32.5 Å². The van der Waals surface area contributed by atoms with E-state index < -0.39 is 0 Å². The number of hydrogen-bond donors (Lipinski definition) is 1. The number of fused-ring (bicyclic) bond motifs is 2. The summed E-state index contributed by atoms with van der Waals surface area (Å²) in [6.07, 6.45) is 2.14. The number of nitrogens with one attached hydrogen (secondary N) is 1. The number of rotatable bonds is 4. The van der Waals surface area contributed by atoms with Crippen molar-refractivity contribution in [1.29, 1.82) is 0 Å². The lowest BCUT2D eigenvalue weighted by atomic mass is 10.0. The third kappa shape index (κ3) is 3.46. The maximum atomic E-state index is 12.4. The van der Waals surface area contributed by atoms with Gasteiger partial charge < -0.3 is 4.90 Å². The van der Waals surface area contributed by atoms with Gasteiger partial charge in [0.2, 0.25) is 0 Å². The number of aromatic nitrogens is 1. The Kier molecular flexibility index (Phi) is 4.67. The van der Waals surface area contributed by atoms with Gasteiger partial charge in [-0.25, -0.2) is 10.4 Å². The first-order chi connectivity index (χ1) is 12.7. The molecule has 0 saturated heterocycles. The van der Waals surface area contributed by atoms with E-state index in [0.717, 1.165) is 46.0 Å². The molecule has 0 aliphatic carbocycles. The molecule has 132 valence electrons. The molecule has 1 amide bonds. The number of aryl methyl sites for hydroxylation is 1. The highest BCUT2D eigenvalue weighted by molar-refractivity contribution is 7.20. The highest BCUT2D eigenvalue weighted by Gasteiger charge is 2.18. The van der Waals surface area contributed by atoms with Gasteiger partial charge >= 0.3 is 0 Å². The normalized spacial score (nSPS) is 14.3. The number of para-hydroxylation sites is 2. The minimum absolute atomic E-state index is 0.109. The Bertz CT molecular complexity index is 946. The molecule has 0 unspecified atom stereocenters. The minimum atomic E-state index is -0.109. The SMILES string of the molecule is C/C(=N\NC(=O)CN1CCCc2ccccc21)c1nc2ccccc2s1. The van der Waals surface area contributed by atoms with Crippen LogP contribution >= 0.6 is 11.3 Å². The molecular formula is C20H20N4OS. The zero-order valence-electron chi connectivity index (χ0n) is 14.6. The van der Waals surface area contributed by atoms with Crippen LogP contribution in [0.1, 0.15) is 23.9 Å². The second kappa shape index (κ2) is 7.25. The largest absolute Gasteiger partial charge is 0.362 e. The van der Waals surface area contributed by atoms with E-state index in [4.69, 9.17) is 0 Å². The van der Waals surface area contributed by atoms with Crippen molar-refractivity contribution in [2.45, 2.75) is 19.8 Å². The van der Waals surface area contributed by atoms with E-state index >= 15 is 0 Å². The first kappa shape index (κ1) is 16.7. The Hall–Kier alpha value is -2.73. The van der Waals surface area contributed by atoms with Gasteiger partial charge in [-0.1, -0.05) is 30.3 Å². The van der Waals surface area contributed by atoms with Gasteiger partial charge in [-0.15, -0.1) is 11.3 Å². The molecule has 0 bridgehead atoms. The van der Waals surface area contributed by atoms with Crippen LogP contribution in [0.25, 0.3) is 10.2 Å². The predicted molar refractivity (Wildman–Crippen MR) is 107 cm³/mol. The first-order valence-electron chi connectivity index (χ1n) is 8.72. The van der Waals surface area contributed by atoms with Crippen LogP contribution < -0.4 is 10.3 Å². The Morgan fingerprint density at radius 3 is 2.92 bits per heavy atom. The molecule has 4 rings (SSSR count). The standard InChI is InChI=1S/C20H20N4OS/c1-14(20-21-16-9-3-5-11-18(16)26-20)22-23-19(25)13-24-12-6-8-15-7-2-4-10-17(15)24/h2-5,7,9-11H,6,8,12-13H2,1H3,(H,23,25)/b22-14+. The summed E-state index contributed by atoms with van der Waals surface area (Å²) >= 11 is 1.58. The van der Waals surface area contributed by atoms with E-state index in [0.29, 0.717) is 6.54 Å². The molecule has 5 nitrogen and oxygen atoms in total. The van der Waals surface area contributed by atoms with Crippen molar-refractivity contribution in [1.82, 2.24) is 10.4 Å². The first-order valence-corrected chi connectivity index (χ1v) is 9.54. The summed E-state index contributed by atoms with van der Waals surface area (Å²) in [4.78, 5) is 19.0. The lowest BCUT2D eigenvalue weighted by Crippen LogP contribution is -2.38. The second-order valence-electron chi connectivity index (χ2n) is 6.37. The van der Waals surface area contributed by atoms with Crippen molar-refractivity contribution in [2.24, 2.45) is 5.10 Å². The van der Waals surface area contributed by atoms with Crippen molar-refractivity contribution in [2.75, 3.05) is 18.0 Å². The number of carbonyl (C=O) groups is 1. The van der Waals surface area contributed by atoms with E-state index in [1.54, 1.807) is 11.3 Å². The fourth-order valence-corrected chi connectivity index (χ4v) is 4.12. The summed E-state index contributed by atoms with van der Waals surface area (Å²) in [5.74, 6) is -0.109. The lowest BCUT2D eigenvalue weighted by molar-refractivity contribution is -0.119. The maximum Gasteiger partial charge on any atom is 0.259 e. The number of thiazole rings is 1. The summed E-state index contributed by atoms with van der Waals surface area (Å²) < 4.78 is 1.12. The van der Waals surface area contributed by atoms with E-state index in [1.807, 2.05) is 43.3 Å². The number of amides is 1. The smallest absolute Gasteiger partial charge is 0.259 e. The quantitative estimate of drug-likeness (QED) is 0.568. The molecular weight excluding hydrogens is 344 g/mol. The van der Waals surface area contributed by atoms with Crippen LogP contribution in [-0.4, -0.2) is 29.7 Å². The second-order valence-corrected chi connectivity index (χ2v) is 7.40. The summed E-state index contributed by atoms with van der Waals surface area (Å²) in [5, 5.41) is 5.08. The number of hydrogen-bond acceptors (Lipinski definition) is 5. The molecule has 6 heteroatoms. The number of hydrazone groups is 1. The van der Waals surface area contributed by atoms with Gasteiger partial charge in [-0.2, -0.15) is 5.10 Å². The lowest BCUT2D eigenvalue weighted by Gasteiger charge is -2.30. The van der Waals surface area contributed by atoms with Crippen LogP contribution in [0.3, 0.4) is 0 Å². The summed E-state index contributed by atoms with van der Waals surface area (Å²) in [7, 11) is 0. The van der Waals surface area contributed by atoms with Crippen LogP contribution in [0, 0.1) is 0 Å². The zero-order valence-corrected chi connectivity index (χ0v) is 15.4. The molecule has 1 aliphatic rings. The third-order valence-corrected chi connectivity index (χ3v) is 5.64. The molecule has 0 saturated carbocycles. The van der Waals surface area contributed by atoms with Gasteiger partial charge in [-0.05, 0) is 43.5 Å².